The molecule has 1 unspecified atom stereocenters. The Morgan fingerprint density at radius 1 is 1.32 bits per heavy atom. The maximum Gasteiger partial charge on any atom is 0.227 e. The fourth-order valence-corrected chi connectivity index (χ4v) is 4.37. The van der Waals surface area contributed by atoms with Gasteiger partial charge in [0.15, 0.2) is 0 Å². The zero-order valence-corrected chi connectivity index (χ0v) is 17.5. The van der Waals surface area contributed by atoms with Crippen molar-refractivity contribution in [3.63, 3.8) is 0 Å². The van der Waals surface area contributed by atoms with E-state index in [0.29, 0.717) is 43.1 Å². The summed E-state index contributed by atoms with van der Waals surface area (Å²) in [4.78, 5) is 20.2. The van der Waals surface area contributed by atoms with Gasteiger partial charge in [-0.3, -0.25) is 9.69 Å². The van der Waals surface area contributed by atoms with E-state index in [1.165, 1.54) is 0 Å². The van der Waals surface area contributed by atoms with Crippen LogP contribution in [0.3, 0.4) is 0 Å². The predicted octanol–water partition coefficient (Wildman–Crippen LogP) is 2.98. The van der Waals surface area contributed by atoms with Gasteiger partial charge in [0.2, 0.25) is 17.6 Å². The topological polar surface area (TPSA) is 80.5 Å². The Bertz CT molecular complexity index is 709. The molecule has 2 aromatic heterocycles. The summed E-state index contributed by atoms with van der Waals surface area (Å²) in [5, 5.41) is 9.09. The Balaban J connectivity index is 1.48. The van der Waals surface area contributed by atoms with Crippen LogP contribution in [0.15, 0.2) is 22.0 Å². The summed E-state index contributed by atoms with van der Waals surface area (Å²) in [5.74, 6) is 1.69. The van der Waals surface area contributed by atoms with E-state index >= 15 is 0 Å². The fraction of sp³-hybridized carbons (Fsp3) is 0.650. The van der Waals surface area contributed by atoms with Gasteiger partial charge in [-0.25, -0.2) is 0 Å². The Labute approximate surface area is 170 Å². The first-order chi connectivity index (χ1) is 13.7. The second-order valence-electron chi connectivity index (χ2n) is 7.09. The number of aryl methyl sites for hydroxylation is 1. The lowest BCUT2D eigenvalue weighted by Crippen LogP contribution is -2.52. The molecule has 0 aliphatic carbocycles. The number of rotatable bonds is 10. The molecule has 0 saturated carbocycles. The van der Waals surface area contributed by atoms with Gasteiger partial charge in [-0.2, -0.15) is 4.98 Å². The number of hydrogen-bond donors (Lipinski definition) is 1. The van der Waals surface area contributed by atoms with Gasteiger partial charge in [0, 0.05) is 38.5 Å². The van der Waals surface area contributed by atoms with Crippen LogP contribution in [0.5, 0.6) is 0 Å². The predicted molar refractivity (Wildman–Crippen MR) is 109 cm³/mol. The Kier molecular flexibility index (Phi) is 8.00. The van der Waals surface area contributed by atoms with E-state index < -0.39 is 0 Å². The number of nitrogens with zero attached hydrogens (tertiary/aromatic N) is 3. The average molecular weight is 407 g/mol. The SMILES string of the molecule is CCC(CC)C(CNC(=O)CCc1nc(-c2cccs2)no1)N1CCOCC1. The van der Waals surface area contributed by atoms with Crippen LogP contribution in [-0.4, -0.2) is 59.8 Å². The van der Waals surface area contributed by atoms with Gasteiger partial charge in [-0.05, 0) is 17.4 Å². The van der Waals surface area contributed by atoms with Crippen LogP contribution in [-0.2, 0) is 16.0 Å². The summed E-state index contributed by atoms with van der Waals surface area (Å²) in [5.41, 5.74) is 0. The second kappa shape index (κ2) is 10.7. The van der Waals surface area contributed by atoms with E-state index in [1.54, 1.807) is 11.3 Å². The molecule has 1 amide bonds. The maximum absolute atomic E-state index is 12.4. The molecule has 28 heavy (non-hydrogen) atoms. The third kappa shape index (κ3) is 5.62. The minimum Gasteiger partial charge on any atom is -0.379 e. The summed E-state index contributed by atoms with van der Waals surface area (Å²) in [6.07, 6.45) is 3.03. The van der Waals surface area contributed by atoms with E-state index in [0.717, 1.165) is 44.0 Å². The number of carbonyl (C=O) groups excluding carboxylic acids is 1. The normalized spacial score (nSPS) is 16.4. The third-order valence-corrected chi connectivity index (χ3v) is 6.26. The molecule has 1 aliphatic heterocycles. The van der Waals surface area contributed by atoms with Crippen LogP contribution in [0, 0.1) is 5.92 Å². The van der Waals surface area contributed by atoms with E-state index in [2.05, 4.69) is 34.2 Å². The molecular weight excluding hydrogens is 376 g/mol. The number of amides is 1. The first-order valence-corrected chi connectivity index (χ1v) is 11.0. The van der Waals surface area contributed by atoms with Crippen molar-refractivity contribution >= 4 is 17.2 Å². The molecule has 154 valence electrons. The molecule has 1 aliphatic rings. The van der Waals surface area contributed by atoms with Crippen molar-refractivity contribution in [2.24, 2.45) is 5.92 Å². The number of ether oxygens (including phenoxy) is 1. The summed E-state index contributed by atoms with van der Waals surface area (Å²) in [7, 11) is 0. The number of aromatic nitrogens is 2. The Morgan fingerprint density at radius 2 is 2.11 bits per heavy atom. The summed E-state index contributed by atoms with van der Waals surface area (Å²) < 4.78 is 10.8. The lowest BCUT2D eigenvalue weighted by molar-refractivity contribution is -0.121. The summed E-state index contributed by atoms with van der Waals surface area (Å²) >= 11 is 1.57. The highest BCUT2D eigenvalue weighted by Gasteiger charge is 2.27. The van der Waals surface area contributed by atoms with E-state index in [9.17, 15) is 4.79 Å². The van der Waals surface area contributed by atoms with Crippen molar-refractivity contribution in [1.29, 1.82) is 0 Å². The molecule has 1 saturated heterocycles. The molecule has 0 spiro atoms. The van der Waals surface area contributed by atoms with Gasteiger partial charge in [-0.1, -0.05) is 37.9 Å². The Morgan fingerprint density at radius 3 is 2.79 bits per heavy atom. The highest BCUT2D eigenvalue weighted by molar-refractivity contribution is 7.13. The van der Waals surface area contributed by atoms with Crippen LogP contribution in [0.25, 0.3) is 10.7 Å². The molecule has 1 fully saturated rings. The van der Waals surface area contributed by atoms with Crippen LogP contribution in [0.4, 0.5) is 0 Å². The minimum absolute atomic E-state index is 0.0279. The van der Waals surface area contributed by atoms with Gasteiger partial charge < -0.3 is 14.6 Å². The number of nitrogens with one attached hydrogen (secondary N) is 1. The molecule has 1 N–H and O–H groups in total. The molecule has 8 heteroatoms. The van der Waals surface area contributed by atoms with E-state index in [-0.39, 0.29) is 5.91 Å². The zero-order valence-electron chi connectivity index (χ0n) is 16.7. The molecule has 3 heterocycles. The van der Waals surface area contributed by atoms with Crippen molar-refractivity contribution < 1.29 is 14.1 Å². The molecule has 2 aromatic rings. The molecule has 0 bridgehead atoms. The fourth-order valence-electron chi connectivity index (χ4n) is 3.73. The van der Waals surface area contributed by atoms with E-state index in [4.69, 9.17) is 9.26 Å². The van der Waals surface area contributed by atoms with Crippen molar-refractivity contribution in [3.8, 4) is 10.7 Å². The van der Waals surface area contributed by atoms with Crippen molar-refractivity contribution in [2.45, 2.75) is 45.6 Å². The number of morpholine rings is 1. The highest BCUT2D eigenvalue weighted by atomic mass is 32.1. The number of hydrogen-bond acceptors (Lipinski definition) is 7. The summed E-state index contributed by atoms with van der Waals surface area (Å²) in [6.45, 7) is 8.54. The van der Waals surface area contributed by atoms with Gasteiger partial charge in [0.25, 0.3) is 0 Å². The van der Waals surface area contributed by atoms with Gasteiger partial charge in [0.1, 0.15) is 0 Å². The van der Waals surface area contributed by atoms with Crippen LogP contribution in [0.2, 0.25) is 0 Å². The Hall–Kier alpha value is -1.77. The molecule has 1 atom stereocenters. The first-order valence-electron chi connectivity index (χ1n) is 10.2. The lowest BCUT2D eigenvalue weighted by atomic mass is 9.92. The quantitative estimate of drug-likeness (QED) is 0.653. The molecule has 7 nitrogen and oxygen atoms in total. The molecular formula is C20H30N4O3S. The van der Waals surface area contributed by atoms with Crippen molar-refractivity contribution in [2.75, 3.05) is 32.8 Å². The maximum atomic E-state index is 12.4. The first kappa shape index (κ1) is 21.0. The third-order valence-electron chi connectivity index (χ3n) is 5.39. The highest BCUT2D eigenvalue weighted by Crippen LogP contribution is 2.22. The second-order valence-corrected chi connectivity index (χ2v) is 8.03. The van der Waals surface area contributed by atoms with Crippen molar-refractivity contribution in [1.82, 2.24) is 20.4 Å². The van der Waals surface area contributed by atoms with Gasteiger partial charge in [0.05, 0.1) is 18.1 Å². The minimum atomic E-state index is 0.0279. The molecule has 3 rings (SSSR count). The largest absolute Gasteiger partial charge is 0.379 e. The van der Waals surface area contributed by atoms with Crippen LogP contribution in [0.1, 0.15) is 39.0 Å². The molecule has 0 aromatic carbocycles. The molecule has 0 radical (unpaired) electrons. The van der Waals surface area contributed by atoms with Crippen LogP contribution >= 0.6 is 11.3 Å². The van der Waals surface area contributed by atoms with Crippen LogP contribution < -0.4 is 5.32 Å². The average Bonchev–Trinajstić information content (AvgIpc) is 3.42. The standard InChI is InChI=1S/C20H30N4O3S/c1-3-15(4-2)16(24-9-11-26-12-10-24)14-21-18(25)7-8-19-22-20(23-27-19)17-6-5-13-28-17/h5-6,13,15-16H,3-4,7-12,14H2,1-2H3,(H,21,25). The summed E-state index contributed by atoms with van der Waals surface area (Å²) in [6, 6.07) is 4.26. The number of thiophene rings is 1. The monoisotopic (exact) mass is 406 g/mol. The van der Waals surface area contributed by atoms with E-state index in [1.807, 2.05) is 17.5 Å². The van der Waals surface area contributed by atoms with Gasteiger partial charge >= 0.3 is 0 Å². The smallest absolute Gasteiger partial charge is 0.227 e. The van der Waals surface area contributed by atoms with Gasteiger partial charge in [-0.15, -0.1) is 11.3 Å². The lowest BCUT2D eigenvalue weighted by Gasteiger charge is -2.38. The van der Waals surface area contributed by atoms with Crippen molar-refractivity contribution in [3.05, 3.63) is 23.4 Å². The number of carbonyl (C=O) groups is 1. The zero-order chi connectivity index (χ0) is 19.8.